The third kappa shape index (κ3) is 7.44. The van der Waals surface area contributed by atoms with E-state index >= 15 is 0 Å². The van der Waals surface area contributed by atoms with E-state index in [9.17, 15) is 4.79 Å². The number of nitrogens with zero attached hydrogens (tertiary/aromatic N) is 2. The first kappa shape index (κ1) is 17.9. The number of carbonyl (C=O) groups is 1. The fourth-order valence-corrected chi connectivity index (χ4v) is 2.36. The highest BCUT2D eigenvalue weighted by molar-refractivity contribution is 5.87. The van der Waals surface area contributed by atoms with E-state index in [0.717, 1.165) is 32.6 Å². The number of nitrogens with one attached hydrogen (secondary N) is 1. The second-order valence-electron chi connectivity index (χ2n) is 6.99. The Hall–Kier alpha value is -1.13. The SMILES string of the molecule is CN(C)C/C=C/C(=O)NCCN1CC=C(C(C)(C)C)CC1. The lowest BCUT2D eigenvalue weighted by Crippen LogP contribution is -2.37. The summed E-state index contributed by atoms with van der Waals surface area (Å²) in [6.07, 6.45) is 6.99. The second kappa shape index (κ2) is 8.35. The molecule has 0 aromatic heterocycles. The normalized spacial score (nSPS) is 17.3. The van der Waals surface area contributed by atoms with Crippen molar-refractivity contribution in [3.05, 3.63) is 23.8 Å². The Bertz CT molecular complexity index is 391. The molecule has 4 heteroatoms. The standard InChI is InChI=1S/C17H31N3O/c1-17(2,3)15-8-12-20(13-9-15)14-10-18-16(21)7-6-11-19(4)5/h6-8H,9-14H2,1-5H3,(H,18,21)/b7-6+. The molecule has 1 heterocycles. The first-order chi connectivity index (χ1) is 9.79. The average molecular weight is 293 g/mol. The van der Waals surface area contributed by atoms with Gasteiger partial charge in [-0.1, -0.05) is 38.5 Å². The molecule has 1 amide bonds. The third-order valence-corrected chi connectivity index (χ3v) is 3.72. The number of hydrogen-bond donors (Lipinski definition) is 1. The highest BCUT2D eigenvalue weighted by atomic mass is 16.1. The maximum atomic E-state index is 11.6. The van der Waals surface area contributed by atoms with Gasteiger partial charge in [-0.05, 0) is 25.9 Å². The number of amides is 1. The summed E-state index contributed by atoms with van der Waals surface area (Å²) < 4.78 is 0. The zero-order valence-corrected chi connectivity index (χ0v) is 14.3. The minimum atomic E-state index is -0.000202. The van der Waals surface area contributed by atoms with Crippen molar-refractivity contribution in [3.63, 3.8) is 0 Å². The molecular formula is C17H31N3O. The van der Waals surface area contributed by atoms with E-state index in [0.29, 0.717) is 6.54 Å². The van der Waals surface area contributed by atoms with Gasteiger partial charge in [0.2, 0.25) is 5.91 Å². The number of likely N-dealkylation sites (N-methyl/N-ethyl adjacent to an activating group) is 1. The van der Waals surface area contributed by atoms with Crippen LogP contribution in [-0.4, -0.2) is 62.5 Å². The molecule has 1 N–H and O–H groups in total. The topological polar surface area (TPSA) is 35.6 Å². The summed E-state index contributed by atoms with van der Waals surface area (Å²) in [7, 11) is 3.97. The van der Waals surface area contributed by atoms with Gasteiger partial charge >= 0.3 is 0 Å². The smallest absolute Gasteiger partial charge is 0.243 e. The van der Waals surface area contributed by atoms with Crippen LogP contribution in [0.4, 0.5) is 0 Å². The molecule has 0 unspecified atom stereocenters. The zero-order chi connectivity index (χ0) is 15.9. The molecule has 120 valence electrons. The summed E-state index contributed by atoms with van der Waals surface area (Å²) in [5, 5.41) is 2.94. The monoisotopic (exact) mass is 293 g/mol. The molecule has 0 aliphatic carbocycles. The summed E-state index contributed by atoms with van der Waals surface area (Å²) in [5.74, 6) is -0.000202. The molecule has 0 radical (unpaired) electrons. The van der Waals surface area contributed by atoms with E-state index in [4.69, 9.17) is 0 Å². The molecule has 1 aliphatic heterocycles. The van der Waals surface area contributed by atoms with E-state index in [1.807, 2.05) is 25.1 Å². The second-order valence-corrected chi connectivity index (χ2v) is 6.99. The average Bonchev–Trinajstić information content (AvgIpc) is 2.38. The van der Waals surface area contributed by atoms with Crippen LogP contribution in [0.25, 0.3) is 0 Å². The van der Waals surface area contributed by atoms with Gasteiger partial charge in [-0.25, -0.2) is 0 Å². The number of rotatable bonds is 6. The van der Waals surface area contributed by atoms with Crippen LogP contribution in [0.15, 0.2) is 23.8 Å². The van der Waals surface area contributed by atoms with E-state index in [1.165, 1.54) is 0 Å². The maximum absolute atomic E-state index is 11.6. The first-order valence-corrected chi connectivity index (χ1v) is 7.80. The van der Waals surface area contributed by atoms with Crippen LogP contribution >= 0.6 is 0 Å². The lowest BCUT2D eigenvalue weighted by molar-refractivity contribution is -0.116. The molecule has 0 fully saturated rings. The summed E-state index contributed by atoms with van der Waals surface area (Å²) >= 11 is 0. The Labute approximate surface area is 129 Å². The predicted octanol–water partition coefficient (Wildman–Crippen LogP) is 1.90. The Morgan fingerprint density at radius 1 is 1.43 bits per heavy atom. The third-order valence-electron chi connectivity index (χ3n) is 3.72. The van der Waals surface area contributed by atoms with Gasteiger partial charge in [-0.3, -0.25) is 9.69 Å². The molecule has 0 spiro atoms. The van der Waals surface area contributed by atoms with E-state index in [-0.39, 0.29) is 11.3 Å². The van der Waals surface area contributed by atoms with Crippen molar-refractivity contribution >= 4 is 5.91 Å². The van der Waals surface area contributed by atoms with Crippen molar-refractivity contribution < 1.29 is 4.79 Å². The van der Waals surface area contributed by atoms with Crippen molar-refractivity contribution in [3.8, 4) is 0 Å². The molecule has 0 aromatic carbocycles. The van der Waals surface area contributed by atoms with Crippen LogP contribution in [0.1, 0.15) is 27.2 Å². The van der Waals surface area contributed by atoms with Gasteiger partial charge in [0.1, 0.15) is 0 Å². The van der Waals surface area contributed by atoms with E-state index in [1.54, 1.807) is 11.6 Å². The van der Waals surface area contributed by atoms with Gasteiger partial charge in [0, 0.05) is 38.8 Å². The predicted molar refractivity (Wildman–Crippen MR) is 89.3 cm³/mol. The van der Waals surface area contributed by atoms with Crippen LogP contribution in [0.3, 0.4) is 0 Å². The van der Waals surface area contributed by atoms with Crippen molar-refractivity contribution in [1.29, 1.82) is 0 Å². The lowest BCUT2D eigenvalue weighted by atomic mass is 9.83. The van der Waals surface area contributed by atoms with Gasteiger partial charge in [0.05, 0.1) is 0 Å². The fraction of sp³-hybridized carbons (Fsp3) is 0.706. The quantitative estimate of drug-likeness (QED) is 0.600. The largest absolute Gasteiger partial charge is 0.351 e. The van der Waals surface area contributed by atoms with Gasteiger partial charge < -0.3 is 10.2 Å². The number of carbonyl (C=O) groups excluding carboxylic acids is 1. The summed E-state index contributed by atoms with van der Waals surface area (Å²) in [6.45, 7) is 11.3. The van der Waals surface area contributed by atoms with Crippen molar-refractivity contribution in [2.75, 3.05) is 46.8 Å². The molecule has 0 saturated heterocycles. The molecule has 21 heavy (non-hydrogen) atoms. The molecule has 0 aromatic rings. The van der Waals surface area contributed by atoms with Crippen LogP contribution in [0.2, 0.25) is 0 Å². The highest BCUT2D eigenvalue weighted by Crippen LogP contribution is 2.29. The van der Waals surface area contributed by atoms with Crippen LogP contribution < -0.4 is 5.32 Å². The summed E-state index contributed by atoms with van der Waals surface area (Å²) in [4.78, 5) is 16.0. The molecular weight excluding hydrogens is 262 g/mol. The van der Waals surface area contributed by atoms with Gasteiger partial charge in [-0.2, -0.15) is 0 Å². The van der Waals surface area contributed by atoms with Crippen LogP contribution in [-0.2, 0) is 4.79 Å². The maximum Gasteiger partial charge on any atom is 0.243 e. The highest BCUT2D eigenvalue weighted by Gasteiger charge is 2.20. The Balaban J connectivity index is 2.22. The van der Waals surface area contributed by atoms with Crippen molar-refractivity contribution in [2.24, 2.45) is 5.41 Å². The molecule has 0 bridgehead atoms. The minimum absolute atomic E-state index is 0.000202. The van der Waals surface area contributed by atoms with Crippen LogP contribution in [0.5, 0.6) is 0 Å². The van der Waals surface area contributed by atoms with Gasteiger partial charge in [0.15, 0.2) is 0 Å². The molecule has 0 atom stereocenters. The van der Waals surface area contributed by atoms with Crippen molar-refractivity contribution in [2.45, 2.75) is 27.2 Å². The molecule has 0 saturated carbocycles. The number of hydrogen-bond acceptors (Lipinski definition) is 3. The van der Waals surface area contributed by atoms with E-state index in [2.05, 4.69) is 37.1 Å². The Morgan fingerprint density at radius 2 is 2.14 bits per heavy atom. The fourth-order valence-electron chi connectivity index (χ4n) is 2.36. The lowest BCUT2D eigenvalue weighted by Gasteiger charge is -2.32. The van der Waals surface area contributed by atoms with Crippen molar-refractivity contribution in [1.82, 2.24) is 15.1 Å². The molecule has 1 rings (SSSR count). The first-order valence-electron chi connectivity index (χ1n) is 7.80. The molecule has 4 nitrogen and oxygen atoms in total. The Morgan fingerprint density at radius 3 is 2.67 bits per heavy atom. The molecule has 1 aliphatic rings. The van der Waals surface area contributed by atoms with Gasteiger partial charge in [0.25, 0.3) is 0 Å². The summed E-state index contributed by atoms with van der Waals surface area (Å²) in [5.41, 5.74) is 1.84. The Kier molecular flexibility index (Phi) is 7.12. The summed E-state index contributed by atoms with van der Waals surface area (Å²) in [6, 6.07) is 0. The van der Waals surface area contributed by atoms with Crippen LogP contribution in [0, 0.1) is 5.41 Å². The zero-order valence-electron chi connectivity index (χ0n) is 14.3. The van der Waals surface area contributed by atoms with E-state index < -0.39 is 0 Å². The van der Waals surface area contributed by atoms with Gasteiger partial charge in [-0.15, -0.1) is 0 Å². The minimum Gasteiger partial charge on any atom is -0.351 e.